The Bertz CT molecular complexity index is 827. The number of aryl methyl sites for hydroxylation is 1. The van der Waals surface area contributed by atoms with Gasteiger partial charge in [-0.05, 0) is 19.3 Å². The summed E-state index contributed by atoms with van der Waals surface area (Å²) in [5.74, 6) is -2.12. The summed E-state index contributed by atoms with van der Waals surface area (Å²) in [5, 5.41) is 4.05. The summed E-state index contributed by atoms with van der Waals surface area (Å²) in [6, 6.07) is 1.29. The van der Waals surface area contributed by atoms with Gasteiger partial charge in [0.05, 0.1) is 11.3 Å². The van der Waals surface area contributed by atoms with E-state index in [1.54, 1.807) is 0 Å². The highest BCUT2D eigenvalue weighted by Gasteiger charge is 2.19. The number of unbranched alkanes of at least 4 members (excludes halogenated alkanes) is 1. The third kappa shape index (κ3) is 3.01. The van der Waals surface area contributed by atoms with Crippen molar-refractivity contribution in [2.75, 3.05) is 5.88 Å². The standard InChI is InChI=1S/C15H12ClF3N4/c16-4-2-1-3-13-10(7-20-15-21-8-22-23(13)15)14-11(18)5-9(17)6-12(14)19/h5-8H,1-4H2. The van der Waals surface area contributed by atoms with Crippen LogP contribution in [0.4, 0.5) is 13.2 Å². The SMILES string of the molecule is Fc1cc(F)c(-c2cnc3ncnn3c2CCCCCl)c(F)c1. The van der Waals surface area contributed by atoms with E-state index in [1.807, 2.05) is 0 Å². The Morgan fingerprint density at radius 3 is 2.48 bits per heavy atom. The van der Waals surface area contributed by atoms with E-state index >= 15 is 0 Å². The molecule has 0 spiro atoms. The fraction of sp³-hybridized carbons (Fsp3) is 0.267. The lowest BCUT2D eigenvalue weighted by Crippen LogP contribution is -2.06. The Balaban J connectivity index is 2.18. The van der Waals surface area contributed by atoms with E-state index in [4.69, 9.17) is 11.6 Å². The van der Waals surface area contributed by atoms with Gasteiger partial charge in [-0.1, -0.05) is 0 Å². The van der Waals surface area contributed by atoms with Gasteiger partial charge in [-0.2, -0.15) is 10.1 Å². The zero-order valence-electron chi connectivity index (χ0n) is 11.9. The lowest BCUT2D eigenvalue weighted by atomic mass is 10.0. The van der Waals surface area contributed by atoms with Crippen molar-refractivity contribution in [1.82, 2.24) is 19.6 Å². The quantitative estimate of drug-likeness (QED) is 0.524. The van der Waals surface area contributed by atoms with Crippen LogP contribution in [0.5, 0.6) is 0 Å². The van der Waals surface area contributed by atoms with Crippen LogP contribution in [0.3, 0.4) is 0 Å². The van der Waals surface area contributed by atoms with Gasteiger partial charge in [0.1, 0.15) is 23.8 Å². The summed E-state index contributed by atoms with van der Waals surface area (Å²) in [4.78, 5) is 8.02. The minimum absolute atomic E-state index is 0.229. The zero-order chi connectivity index (χ0) is 16.4. The van der Waals surface area contributed by atoms with E-state index in [1.165, 1.54) is 17.0 Å². The Labute approximate surface area is 134 Å². The number of hydrogen-bond donors (Lipinski definition) is 0. The van der Waals surface area contributed by atoms with Gasteiger partial charge in [0.25, 0.3) is 5.78 Å². The van der Waals surface area contributed by atoms with Crippen molar-refractivity contribution in [3.8, 4) is 11.1 Å². The van der Waals surface area contributed by atoms with E-state index in [2.05, 4.69) is 15.1 Å². The van der Waals surface area contributed by atoms with Crippen molar-refractivity contribution in [3.05, 3.63) is 47.8 Å². The normalized spacial score (nSPS) is 11.3. The molecule has 23 heavy (non-hydrogen) atoms. The molecule has 0 atom stereocenters. The molecule has 8 heteroatoms. The average molecular weight is 341 g/mol. The topological polar surface area (TPSA) is 43.1 Å². The van der Waals surface area contributed by atoms with Crippen LogP contribution >= 0.6 is 11.6 Å². The number of hydrogen-bond acceptors (Lipinski definition) is 3. The van der Waals surface area contributed by atoms with E-state index in [-0.39, 0.29) is 11.1 Å². The largest absolute Gasteiger partial charge is 0.252 e. The van der Waals surface area contributed by atoms with Gasteiger partial charge in [0, 0.05) is 29.8 Å². The van der Waals surface area contributed by atoms with E-state index in [0.29, 0.717) is 42.3 Å². The first-order chi connectivity index (χ1) is 11.1. The van der Waals surface area contributed by atoms with Crippen molar-refractivity contribution in [1.29, 1.82) is 0 Å². The van der Waals surface area contributed by atoms with Gasteiger partial charge < -0.3 is 0 Å². The molecule has 0 amide bonds. The summed E-state index contributed by atoms with van der Waals surface area (Å²) >= 11 is 5.68. The summed E-state index contributed by atoms with van der Waals surface area (Å²) < 4.78 is 42.8. The Morgan fingerprint density at radius 2 is 1.78 bits per heavy atom. The molecule has 0 saturated carbocycles. The summed E-state index contributed by atoms with van der Waals surface area (Å²) in [6.45, 7) is 0. The second-order valence-electron chi connectivity index (χ2n) is 4.98. The Kier molecular flexibility index (Phi) is 4.47. The minimum atomic E-state index is -0.984. The van der Waals surface area contributed by atoms with Crippen LogP contribution in [0.1, 0.15) is 18.5 Å². The molecule has 0 N–H and O–H groups in total. The second kappa shape index (κ2) is 6.54. The maximum atomic E-state index is 14.1. The molecular formula is C15H12ClF3N4. The van der Waals surface area contributed by atoms with Crippen LogP contribution in [-0.4, -0.2) is 25.5 Å². The lowest BCUT2D eigenvalue weighted by Gasteiger charge is -2.12. The van der Waals surface area contributed by atoms with Crippen molar-refractivity contribution < 1.29 is 13.2 Å². The fourth-order valence-electron chi connectivity index (χ4n) is 2.46. The molecule has 0 radical (unpaired) electrons. The summed E-state index contributed by atoms with van der Waals surface area (Å²) in [7, 11) is 0. The molecule has 0 saturated heterocycles. The summed E-state index contributed by atoms with van der Waals surface area (Å²) in [5.41, 5.74) is 0.465. The molecule has 0 unspecified atom stereocenters. The van der Waals surface area contributed by atoms with Crippen LogP contribution in [-0.2, 0) is 6.42 Å². The average Bonchev–Trinajstić information content (AvgIpc) is 2.96. The number of nitrogens with zero attached hydrogens (tertiary/aromatic N) is 4. The van der Waals surface area contributed by atoms with E-state index < -0.39 is 17.5 Å². The lowest BCUT2D eigenvalue weighted by molar-refractivity contribution is 0.547. The first-order valence-electron chi connectivity index (χ1n) is 7.00. The third-order valence-corrected chi connectivity index (χ3v) is 3.75. The number of aromatic nitrogens is 4. The predicted molar refractivity (Wildman–Crippen MR) is 79.8 cm³/mol. The highest BCUT2D eigenvalue weighted by Crippen LogP contribution is 2.30. The first-order valence-corrected chi connectivity index (χ1v) is 7.53. The predicted octanol–water partition coefficient (Wildman–Crippen LogP) is 3.77. The van der Waals surface area contributed by atoms with Crippen LogP contribution in [0.25, 0.3) is 16.9 Å². The minimum Gasteiger partial charge on any atom is -0.219 e. The number of rotatable bonds is 5. The monoisotopic (exact) mass is 340 g/mol. The van der Waals surface area contributed by atoms with E-state index in [9.17, 15) is 13.2 Å². The van der Waals surface area contributed by atoms with Crippen molar-refractivity contribution in [3.63, 3.8) is 0 Å². The van der Waals surface area contributed by atoms with Gasteiger partial charge in [0.2, 0.25) is 0 Å². The molecule has 1 aromatic carbocycles. The van der Waals surface area contributed by atoms with Gasteiger partial charge in [-0.15, -0.1) is 11.6 Å². The molecule has 3 rings (SSSR count). The van der Waals surface area contributed by atoms with Crippen LogP contribution < -0.4 is 0 Å². The highest BCUT2D eigenvalue weighted by molar-refractivity contribution is 6.17. The molecule has 2 heterocycles. The van der Waals surface area contributed by atoms with Crippen LogP contribution in [0.2, 0.25) is 0 Å². The third-order valence-electron chi connectivity index (χ3n) is 3.48. The van der Waals surface area contributed by atoms with Crippen LogP contribution in [0, 0.1) is 17.5 Å². The van der Waals surface area contributed by atoms with Crippen molar-refractivity contribution >= 4 is 17.4 Å². The maximum Gasteiger partial charge on any atom is 0.252 e. The van der Waals surface area contributed by atoms with Gasteiger partial charge in [0.15, 0.2) is 0 Å². The molecule has 0 bridgehead atoms. The van der Waals surface area contributed by atoms with Crippen molar-refractivity contribution in [2.24, 2.45) is 0 Å². The van der Waals surface area contributed by atoms with Crippen molar-refractivity contribution in [2.45, 2.75) is 19.3 Å². The molecule has 3 aromatic rings. The number of fused-ring (bicyclic) bond motifs is 1. The van der Waals surface area contributed by atoms with Gasteiger partial charge >= 0.3 is 0 Å². The Morgan fingerprint density at radius 1 is 1.04 bits per heavy atom. The summed E-state index contributed by atoms with van der Waals surface area (Å²) in [6.07, 6.45) is 4.59. The molecule has 0 aliphatic heterocycles. The highest BCUT2D eigenvalue weighted by atomic mass is 35.5. The molecule has 0 aliphatic rings. The first kappa shape index (κ1) is 15.7. The van der Waals surface area contributed by atoms with Gasteiger partial charge in [-0.25, -0.2) is 22.7 Å². The number of halogens is 4. The number of alkyl halides is 1. The Hall–Kier alpha value is -2.15. The molecule has 0 aliphatic carbocycles. The van der Waals surface area contributed by atoms with E-state index in [0.717, 1.165) is 6.42 Å². The maximum absolute atomic E-state index is 14.1. The zero-order valence-corrected chi connectivity index (χ0v) is 12.7. The molecule has 120 valence electrons. The molecule has 2 aromatic heterocycles. The second-order valence-corrected chi connectivity index (χ2v) is 5.36. The molecule has 4 nitrogen and oxygen atoms in total. The van der Waals surface area contributed by atoms with Gasteiger partial charge in [-0.3, -0.25) is 0 Å². The van der Waals surface area contributed by atoms with Crippen LogP contribution in [0.15, 0.2) is 24.7 Å². The smallest absolute Gasteiger partial charge is 0.219 e. The molecule has 0 fully saturated rings. The fourth-order valence-corrected chi connectivity index (χ4v) is 2.65. The number of benzene rings is 1. The molecular weight excluding hydrogens is 329 g/mol.